The fourth-order valence-electron chi connectivity index (χ4n) is 1.30. The number of nitrogens with two attached hydrogens (primary N) is 2. The average Bonchev–Trinajstić information content (AvgIpc) is 2.32. The predicted octanol–water partition coefficient (Wildman–Crippen LogP) is 1.55. The molecule has 5 heteroatoms. The first-order chi connectivity index (χ1) is 8.16. The Labute approximate surface area is 98.0 Å². The molecular formula is C12H11N3O2. The summed E-state index contributed by atoms with van der Waals surface area (Å²) in [4.78, 5) is 14.9. The zero-order valence-electron chi connectivity index (χ0n) is 8.96. The Morgan fingerprint density at radius 1 is 1.12 bits per heavy atom. The second kappa shape index (κ2) is 4.52. The van der Waals surface area contributed by atoms with E-state index in [1.165, 1.54) is 6.07 Å². The predicted molar refractivity (Wildman–Crippen MR) is 63.7 cm³/mol. The Morgan fingerprint density at radius 3 is 2.59 bits per heavy atom. The Kier molecular flexibility index (Phi) is 2.91. The van der Waals surface area contributed by atoms with E-state index in [4.69, 9.17) is 16.2 Å². The Hall–Kier alpha value is -2.56. The molecule has 0 saturated heterocycles. The molecule has 0 fully saturated rings. The van der Waals surface area contributed by atoms with E-state index in [1.807, 2.05) is 0 Å². The second-order valence-corrected chi connectivity index (χ2v) is 3.37. The van der Waals surface area contributed by atoms with E-state index in [9.17, 15) is 4.79 Å². The van der Waals surface area contributed by atoms with Crippen molar-refractivity contribution in [2.45, 2.75) is 0 Å². The average molecular weight is 229 g/mol. The molecule has 5 nitrogen and oxygen atoms in total. The van der Waals surface area contributed by atoms with Crippen LogP contribution in [0.15, 0.2) is 42.5 Å². The van der Waals surface area contributed by atoms with Crippen molar-refractivity contribution in [2.75, 3.05) is 5.73 Å². The number of aromatic nitrogens is 1. The van der Waals surface area contributed by atoms with E-state index >= 15 is 0 Å². The molecule has 1 amide bonds. The monoisotopic (exact) mass is 229 g/mol. The molecule has 4 N–H and O–H groups in total. The van der Waals surface area contributed by atoms with Crippen molar-refractivity contribution in [1.82, 2.24) is 4.98 Å². The third-order valence-corrected chi connectivity index (χ3v) is 2.11. The third-order valence-electron chi connectivity index (χ3n) is 2.11. The number of hydrogen-bond acceptors (Lipinski definition) is 4. The number of benzene rings is 1. The highest BCUT2D eigenvalue weighted by atomic mass is 16.5. The van der Waals surface area contributed by atoms with E-state index < -0.39 is 5.91 Å². The van der Waals surface area contributed by atoms with Crippen molar-refractivity contribution >= 4 is 11.6 Å². The van der Waals surface area contributed by atoms with Crippen LogP contribution in [0.4, 0.5) is 5.69 Å². The summed E-state index contributed by atoms with van der Waals surface area (Å²) in [5.74, 6) is 0.164. The maximum atomic E-state index is 11.0. The van der Waals surface area contributed by atoms with E-state index in [0.29, 0.717) is 11.4 Å². The summed E-state index contributed by atoms with van der Waals surface area (Å²) < 4.78 is 5.46. The molecular weight excluding hydrogens is 218 g/mol. The van der Waals surface area contributed by atoms with Crippen molar-refractivity contribution in [3.05, 3.63) is 48.2 Å². The lowest BCUT2D eigenvalue weighted by molar-refractivity contribution is 0.0995. The highest BCUT2D eigenvalue weighted by Gasteiger charge is 2.06. The van der Waals surface area contributed by atoms with E-state index in [-0.39, 0.29) is 11.6 Å². The summed E-state index contributed by atoms with van der Waals surface area (Å²) in [5, 5.41) is 0. The van der Waals surface area contributed by atoms with Gasteiger partial charge in [-0.25, -0.2) is 4.98 Å². The van der Waals surface area contributed by atoms with Gasteiger partial charge in [-0.1, -0.05) is 18.2 Å². The van der Waals surface area contributed by atoms with Crippen LogP contribution in [0.25, 0.3) is 0 Å². The molecule has 0 unspecified atom stereocenters. The molecule has 0 aliphatic carbocycles. The van der Waals surface area contributed by atoms with Gasteiger partial charge in [0.05, 0.1) is 5.69 Å². The molecule has 1 aromatic carbocycles. The van der Waals surface area contributed by atoms with Gasteiger partial charge >= 0.3 is 0 Å². The Bertz CT molecular complexity index is 555. The fourth-order valence-corrected chi connectivity index (χ4v) is 1.30. The zero-order valence-corrected chi connectivity index (χ0v) is 8.96. The first-order valence-electron chi connectivity index (χ1n) is 4.96. The van der Waals surface area contributed by atoms with Gasteiger partial charge in [-0.15, -0.1) is 0 Å². The number of carbonyl (C=O) groups is 1. The molecule has 0 bridgehead atoms. The van der Waals surface area contributed by atoms with Crippen LogP contribution in [-0.2, 0) is 0 Å². The molecule has 1 aromatic heterocycles. The second-order valence-electron chi connectivity index (χ2n) is 3.37. The van der Waals surface area contributed by atoms with Gasteiger partial charge in [0.25, 0.3) is 5.91 Å². The molecule has 0 aliphatic rings. The topological polar surface area (TPSA) is 91.2 Å². The van der Waals surface area contributed by atoms with Gasteiger partial charge in [-0.2, -0.15) is 0 Å². The summed E-state index contributed by atoms with van der Waals surface area (Å²) in [5.41, 5.74) is 11.5. The quantitative estimate of drug-likeness (QED) is 0.781. The smallest absolute Gasteiger partial charge is 0.267 e. The third kappa shape index (κ3) is 2.52. The van der Waals surface area contributed by atoms with Crippen LogP contribution < -0.4 is 16.2 Å². The lowest BCUT2D eigenvalue weighted by Gasteiger charge is -2.07. The minimum atomic E-state index is -0.600. The number of primary amides is 1. The number of rotatable bonds is 3. The Morgan fingerprint density at radius 2 is 1.88 bits per heavy atom. The molecule has 17 heavy (non-hydrogen) atoms. The standard InChI is InChI=1S/C12H11N3O2/c13-8-4-1-2-6-10(8)17-11-7-3-5-9(15-11)12(14)16/h1-7H,13H2,(H2,14,16). The molecule has 1 heterocycles. The van der Waals surface area contributed by atoms with E-state index in [0.717, 1.165) is 0 Å². The highest BCUT2D eigenvalue weighted by Crippen LogP contribution is 2.25. The number of hydrogen-bond donors (Lipinski definition) is 2. The van der Waals surface area contributed by atoms with Gasteiger partial charge in [0.2, 0.25) is 5.88 Å². The lowest BCUT2D eigenvalue weighted by Crippen LogP contribution is -2.12. The van der Waals surface area contributed by atoms with Crippen LogP contribution >= 0.6 is 0 Å². The number of anilines is 1. The van der Waals surface area contributed by atoms with Crippen molar-refractivity contribution in [1.29, 1.82) is 0 Å². The SMILES string of the molecule is NC(=O)c1cccc(Oc2ccccc2N)n1. The minimum Gasteiger partial charge on any atom is -0.437 e. The van der Waals surface area contributed by atoms with Crippen molar-refractivity contribution in [3.63, 3.8) is 0 Å². The Balaban J connectivity index is 2.28. The van der Waals surface area contributed by atoms with Crippen LogP contribution in [0.3, 0.4) is 0 Å². The molecule has 0 saturated carbocycles. The van der Waals surface area contributed by atoms with E-state index in [1.54, 1.807) is 36.4 Å². The zero-order chi connectivity index (χ0) is 12.3. The van der Waals surface area contributed by atoms with Gasteiger partial charge < -0.3 is 16.2 Å². The number of ether oxygens (including phenoxy) is 1. The number of pyridine rings is 1. The molecule has 2 aromatic rings. The van der Waals surface area contributed by atoms with E-state index in [2.05, 4.69) is 4.98 Å². The first-order valence-corrected chi connectivity index (χ1v) is 4.96. The van der Waals surface area contributed by atoms with Crippen LogP contribution in [0.2, 0.25) is 0 Å². The molecule has 2 rings (SSSR count). The maximum absolute atomic E-state index is 11.0. The first kappa shape index (κ1) is 10.9. The van der Waals surface area contributed by atoms with Crippen LogP contribution in [0.1, 0.15) is 10.5 Å². The number of nitrogen functional groups attached to an aromatic ring is 1. The summed E-state index contributed by atoms with van der Waals surface area (Å²) in [6, 6.07) is 11.8. The normalized spacial score (nSPS) is 9.88. The molecule has 86 valence electrons. The lowest BCUT2D eigenvalue weighted by atomic mass is 10.3. The van der Waals surface area contributed by atoms with Crippen LogP contribution in [0.5, 0.6) is 11.6 Å². The number of amides is 1. The maximum Gasteiger partial charge on any atom is 0.267 e. The summed E-state index contributed by atoms with van der Waals surface area (Å²) in [7, 11) is 0. The molecule has 0 atom stereocenters. The van der Waals surface area contributed by atoms with Crippen molar-refractivity contribution in [3.8, 4) is 11.6 Å². The summed E-state index contributed by atoms with van der Waals surface area (Å²) >= 11 is 0. The largest absolute Gasteiger partial charge is 0.437 e. The van der Waals surface area contributed by atoms with Crippen LogP contribution in [0, 0.1) is 0 Å². The fraction of sp³-hybridized carbons (Fsp3) is 0. The van der Waals surface area contributed by atoms with Crippen LogP contribution in [-0.4, -0.2) is 10.9 Å². The number of carbonyl (C=O) groups excluding carboxylic acids is 1. The highest BCUT2D eigenvalue weighted by molar-refractivity contribution is 5.90. The summed E-state index contributed by atoms with van der Waals surface area (Å²) in [6.45, 7) is 0. The minimum absolute atomic E-state index is 0.150. The van der Waals surface area contributed by atoms with Gasteiger partial charge in [0.15, 0.2) is 5.75 Å². The molecule has 0 spiro atoms. The number of para-hydroxylation sites is 2. The van der Waals surface area contributed by atoms with Gasteiger partial charge in [-0.3, -0.25) is 4.79 Å². The summed E-state index contributed by atoms with van der Waals surface area (Å²) in [6.07, 6.45) is 0. The molecule has 0 radical (unpaired) electrons. The van der Waals surface area contributed by atoms with Crippen molar-refractivity contribution < 1.29 is 9.53 Å². The van der Waals surface area contributed by atoms with Gasteiger partial charge in [-0.05, 0) is 18.2 Å². The van der Waals surface area contributed by atoms with Gasteiger partial charge in [0.1, 0.15) is 5.69 Å². The molecule has 0 aliphatic heterocycles. The van der Waals surface area contributed by atoms with Gasteiger partial charge in [0, 0.05) is 6.07 Å². The van der Waals surface area contributed by atoms with Crippen molar-refractivity contribution in [2.24, 2.45) is 5.73 Å². The number of nitrogens with zero attached hydrogens (tertiary/aromatic N) is 1.